The molecule has 0 aromatic heterocycles. The van der Waals surface area contributed by atoms with Gasteiger partial charge >= 0.3 is 6.18 Å². The molecule has 2 aromatic rings. The fraction of sp³-hybridized carbons (Fsp3) is 0.0667. The molecule has 0 heterocycles. The highest BCUT2D eigenvalue weighted by atomic mass is 19.4. The van der Waals surface area contributed by atoms with Gasteiger partial charge in [0, 0.05) is 5.69 Å². The molecule has 0 fully saturated rings. The summed E-state index contributed by atoms with van der Waals surface area (Å²) in [4.78, 5) is 25.8. The van der Waals surface area contributed by atoms with Crippen molar-refractivity contribution in [1.82, 2.24) is 0 Å². The molecule has 1 N–H and O–H groups in total. The zero-order valence-electron chi connectivity index (χ0n) is 11.0. The normalized spacial score (nSPS) is 10.7. The molecule has 4 nitrogen and oxygen atoms in total. The second-order valence-corrected chi connectivity index (χ2v) is 4.25. The Hall–Kier alpha value is -2.92. The zero-order valence-corrected chi connectivity index (χ0v) is 11.0. The molecule has 2 rings (SSSR count). The van der Waals surface area contributed by atoms with Crippen LogP contribution in [0.2, 0.25) is 0 Å². The van der Waals surface area contributed by atoms with E-state index in [-0.39, 0.29) is 16.9 Å². The first-order valence-corrected chi connectivity index (χ1v) is 6.07. The third-order valence-corrected chi connectivity index (χ3v) is 2.76. The number of para-hydroxylation sites is 1. The maximum atomic E-state index is 12.6. The van der Waals surface area contributed by atoms with Gasteiger partial charge in [-0.2, -0.15) is 18.2 Å². The van der Waals surface area contributed by atoms with Gasteiger partial charge in [0.1, 0.15) is 0 Å². The van der Waals surface area contributed by atoms with Gasteiger partial charge in [0.15, 0.2) is 0 Å². The highest BCUT2D eigenvalue weighted by molar-refractivity contribution is 6.07. The van der Waals surface area contributed by atoms with Crippen molar-refractivity contribution in [3.8, 4) is 0 Å². The van der Waals surface area contributed by atoms with Crippen molar-refractivity contribution in [1.29, 1.82) is 0 Å². The third-order valence-electron chi connectivity index (χ3n) is 2.76. The Labute approximate surface area is 123 Å². The Kier molecular flexibility index (Phi) is 4.39. The summed E-state index contributed by atoms with van der Waals surface area (Å²) >= 11 is 0. The molecular formula is C15H9F3N2O2. The molecule has 2 aromatic carbocycles. The van der Waals surface area contributed by atoms with Gasteiger partial charge in [-0.15, -0.1) is 0 Å². The SMILES string of the molecule is O=C=Nc1ccccc1C(=O)Nc1cccc(C(F)(F)F)c1. The van der Waals surface area contributed by atoms with E-state index in [0.29, 0.717) is 0 Å². The van der Waals surface area contributed by atoms with E-state index < -0.39 is 17.6 Å². The molecule has 0 unspecified atom stereocenters. The van der Waals surface area contributed by atoms with Crippen LogP contribution in [0.25, 0.3) is 0 Å². The minimum atomic E-state index is -4.50. The van der Waals surface area contributed by atoms with Gasteiger partial charge in [-0.1, -0.05) is 18.2 Å². The summed E-state index contributed by atoms with van der Waals surface area (Å²) in [6.45, 7) is 0. The number of halogens is 3. The number of carbonyl (C=O) groups is 1. The van der Waals surface area contributed by atoms with Crippen LogP contribution in [-0.2, 0) is 11.0 Å². The molecule has 0 aliphatic rings. The highest BCUT2D eigenvalue weighted by Gasteiger charge is 2.30. The topological polar surface area (TPSA) is 58.5 Å². The second-order valence-electron chi connectivity index (χ2n) is 4.25. The average Bonchev–Trinajstić information content (AvgIpc) is 2.47. The Morgan fingerprint density at radius 3 is 2.50 bits per heavy atom. The maximum Gasteiger partial charge on any atom is 0.416 e. The minimum absolute atomic E-state index is 0.00953. The van der Waals surface area contributed by atoms with E-state index in [2.05, 4.69) is 10.3 Å². The summed E-state index contributed by atoms with van der Waals surface area (Å²) in [5.74, 6) is -0.672. The Balaban J connectivity index is 2.28. The van der Waals surface area contributed by atoms with Gasteiger partial charge in [0.05, 0.1) is 16.8 Å². The summed E-state index contributed by atoms with van der Waals surface area (Å²) in [6, 6.07) is 10.2. The van der Waals surface area contributed by atoms with Crippen molar-refractivity contribution >= 4 is 23.4 Å². The van der Waals surface area contributed by atoms with Crippen LogP contribution in [0.3, 0.4) is 0 Å². The summed E-state index contributed by atoms with van der Waals surface area (Å²) in [5, 5.41) is 2.34. The lowest BCUT2D eigenvalue weighted by atomic mass is 10.1. The number of carbonyl (C=O) groups excluding carboxylic acids is 2. The van der Waals surface area contributed by atoms with Crippen LogP contribution in [0.5, 0.6) is 0 Å². The maximum absolute atomic E-state index is 12.6. The predicted molar refractivity (Wildman–Crippen MR) is 73.6 cm³/mol. The number of rotatable bonds is 3. The van der Waals surface area contributed by atoms with Gasteiger partial charge in [0.2, 0.25) is 6.08 Å². The van der Waals surface area contributed by atoms with Crippen LogP contribution in [0.1, 0.15) is 15.9 Å². The van der Waals surface area contributed by atoms with E-state index in [1.807, 2.05) is 0 Å². The van der Waals surface area contributed by atoms with Crippen molar-refractivity contribution in [3.05, 3.63) is 59.7 Å². The molecule has 0 aliphatic carbocycles. The van der Waals surface area contributed by atoms with Crippen molar-refractivity contribution in [3.63, 3.8) is 0 Å². The Morgan fingerprint density at radius 1 is 1.09 bits per heavy atom. The van der Waals surface area contributed by atoms with Crippen molar-refractivity contribution < 1.29 is 22.8 Å². The number of nitrogens with zero attached hydrogens (tertiary/aromatic N) is 1. The first-order valence-electron chi connectivity index (χ1n) is 6.07. The molecule has 0 saturated heterocycles. The number of amides is 1. The lowest BCUT2D eigenvalue weighted by Gasteiger charge is -2.10. The van der Waals surface area contributed by atoms with E-state index >= 15 is 0 Å². The smallest absolute Gasteiger partial charge is 0.322 e. The largest absolute Gasteiger partial charge is 0.416 e. The summed E-state index contributed by atoms with van der Waals surface area (Å²) in [7, 11) is 0. The third kappa shape index (κ3) is 3.59. The summed E-state index contributed by atoms with van der Waals surface area (Å²) in [6.07, 6.45) is -3.18. The zero-order chi connectivity index (χ0) is 16.2. The van der Waals surface area contributed by atoms with Crippen LogP contribution in [-0.4, -0.2) is 12.0 Å². The number of hydrogen-bond acceptors (Lipinski definition) is 3. The Morgan fingerprint density at radius 2 is 1.82 bits per heavy atom. The van der Waals surface area contributed by atoms with E-state index in [0.717, 1.165) is 12.1 Å². The summed E-state index contributed by atoms with van der Waals surface area (Å²) in [5.41, 5.74) is -0.737. The quantitative estimate of drug-likeness (QED) is 0.690. The number of aliphatic imine (C=N–C) groups is 1. The van der Waals surface area contributed by atoms with Crippen molar-refractivity contribution in [2.24, 2.45) is 4.99 Å². The number of anilines is 1. The van der Waals surface area contributed by atoms with Crippen LogP contribution in [0.15, 0.2) is 53.5 Å². The molecule has 0 bridgehead atoms. The van der Waals surface area contributed by atoms with E-state index in [1.165, 1.54) is 30.3 Å². The van der Waals surface area contributed by atoms with E-state index in [4.69, 9.17) is 0 Å². The van der Waals surface area contributed by atoms with Crippen LogP contribution in [0, 0.1) is 0 Å². The molecule has 1 amide bonds. The fourth-order valence-electron chi connectivity index (χ4n) is 1.78. The van der Waals surface area contributed by atoms with Crippen LogP contribution in [0.4, 0.5) is 24.5 Å². The molecular weight excluding hydrogens is 297 g/mol. The van der Waals surface area contributed by atoms with Gasteiger partial charge < -0.3 is 5.32 Å². The van der Waals surface area contributed by atoms with Gasteiger partial charge in [-0.3, -0.25) is 4.79 Å². The highest BCUT2D eigenvalue weighted by Crippen LogP contribution is 2.31. The molecule has 0 radical (unpaired) electrons. The molecule has 0 saturated carbocycles. The molecule has 112 valence electrons. The Bertz CT molecular complexity index is 750. The predicted octanol–water partition coefficient (Wildman–Crippen LogP) is 3.93. The first kappa shape index (κ1) is 15.5. The number of hydrogen-bond donors (Lipinski definition) is 1. The lowest BCUT2D eigenvalue weighted by Crippen LogP contribution is -2.13. The molecule has 0 spiro atoms. The van der Waals surface area contributed by atoms with Gasteiger partial charge in [-0.25, -0.2) is 4.79 Å². The molecule has 0 atom stereocenters. The monoisotopic (exact) mass is 306 g/mol. The van der Waals surface area contributed by atoms with Crippen molar-refractivity contribution in [2.75, 3.05) is 5.32 Å². The van der Waals surface area contributed by atoms with E-state index in [9.17, 15) is 22.8 Å². The average molecular weight is 306 g/mol. The lowest BCUT2D eigenvalue weighted by molar-refractivity contribution is -0.137. The van der Waals surface area contributed by atoms with Gasteiger partial charge in [-0.05, 0) is 30.3 Å². The van der Waals surface area contributed by atoms with Crippen LogP contribution < -0.4 is 5.32 Å². The summed E-state index contributed by atoms with van der Waals surface area (Å²) < 4.78 is 37.9. The number of benzene rings is 2. The standard InChI is InChI=1S/C15H9F3N2O2/c16-15(17,18)10-4-3-5-11(8-10)20-14(22)12-6-1-2-7-13(12)19-9-21/h1-8H,(H,20,22). The van der Waals surface area contributed by atoms with Gasteiger partial charge in [0.25, 0.3) is 5.91 Å². The first-order chi connectivity index (χ1) is 10.4. The number of alkyl halides is 3. The number of isocyanates is 1. The second kappa shape index (κ2) is 6.24. The molecule has 7 heteroatoms. The van der Waals surface area contributed by atoms with E-state index in [1.54, 1.807) is 12.1 Å². The molecule has 0 aliphatic heterocycles. The van der Waals surface area contributed by atoms with Crippen LogP contribution >= 0.6 is 0 Å². The molecule has 22 heavy (non-hydrogen) atoms. The number of nitrogens with one attached hydrogen (secondary N) is 1. The minimum Gasteiger partial charge on any atom is -0.322 e. The van der Waals surface area contributed by atoms with Crippen molar-refractivity contribution in [2.45, 2.75) is 6.18 Å². The fourth-order valence-corrected chi connectivity index (χ4v) is 1.78.